The van der Waals surface area contributed by atoms with Crippen molar-refractivity contribution in [2.45, 2.75) is 0 Å². The Morgan fingerprint density at radius 2 is 2.06 bits per heavy atom. The molecule has 0 aliphatic heterocycles. The summed E-state index contributed by atoms with van der Waals surface area (Å²) in [5, 5.41) is 0. The summed E-state index contributed by atoms with van der Waals surface area (Å²) in [6.45, 7) is 0. The van der Waals surface area contributed by atoms with Gasteiger partial charge in [-0.05, 0) is 40.2 Å². The van der Waals surface area contributed by atoms with E-state index >= 15 is 0 Å². The molecular weight excluding hydrogens is 397 g/mol. The summed E-state index contributed by atoms with van der Waals surface area (Å²) in [4.78, 5) is 4.31. The summed E-state index contributed by atoms with van der Waals surface area (Å²) in [5.41, 5.74) is 0.855. The summed E-state index contributed by atoms with van der Waals surface area (Å²) >= 11 is 5.50. The molecule has 17 heavy (non-hydrogen) atoms. The van der Waals surface area contributed by atoms with E-state index in [1.54, 1.807) is 13.3 Å². The van der Waals surface area contributed by atoms with E-state index in [0.29, 0.717) is 0 Å². The summed E-state index contributed by atoms with van der Waals surface area (Å²) in [5.74, 6) is 1.54. The van der Waals surface area contributed by atoms with Gasteiger partial charge in [-0.25, -0.2) is 0 Å². The first-order valence-corrected chi connectivity index (χ1v) is 6.69. The van der Waals surface area contributed by atoms with Crippen molar-refractivity contribution in [2.75, 3.05) is 7.11 Å². The van der Waals surface area contributed by atoms with Gasteiger partial charge in [0, 0.05) is 28.7 Å². The SMILES string of the molecule is COc1ccc(N=Cc2cc(Br)c(I)o2)cc1. The van der Waals surface area contributed by atoms with Gasteiger partial charge in [-0.3, -0.25) is 4.99 Å². The molecule has 0 spiro atoms. The van der Waals surface area contributed by atoms with Crippen molar-refractivity contribution in [3.8, 4) is 5.75 Å². The number of furan rings is 1. The maximum Gasteiger partial charge on any atom is 0.178 e. The van der Waals surface area contributed by atoms with Crippen molar-refractivity contribution < 1.29 is 9.15 Å². The van der Waals surface area contributed by atoms with Crippen LogP contribution in [-0.2, 0) is 0 Å². The smallest absolute Gasteiger partial charge is 0.178 e. The topological polar surface area (TPSA) is 34.7 Å². The summed E-state index contributed by atoms with van der Waals surface area (Å²) in [6, 6.07) is 9.40. The zero-order valence-electron chi connectivity index (χ0n) is 8.98. The Morgan fingerprint density at radius 1 is 1.35 bits per heavy atom. The minimum absolute atomic E-state index is 0.720. The third-order valence-corrected chi connectivity index (χ3v) is 4.21. The van der Waals surface area contributed by atoms with E-state index < -0.39 is 0 Å². The molecule has 2 aromatic rings. The predicted molar refractivity (Wildman–Crippen MR) is 79.4 cm³/mol. The van der Waals surface area contributed by atoms with Gasteiger partial charge in [-0.15, -0.1) is 0 Å². The molecule has 0 N–H and O–H groups in total. The Labute approximate surface area is 121 Å². The van der Waals surface area contributed by atoms with Gasteiger partial charge >= 0.3 is 0 Å². The molecule has 0 atom stereocenters. The second-order valence-corrected chi connectivity index (χ2v) is 5.06. The van der Waals surface area contributed by atoms with Gasteiger partial charge in [-0.1, -0.05) is 0 Å². The van der Waals surface area contributed by atoms with E-state index in [1.807, 2.05) is 30.3 Å². The molecule has 0 saturated carbocycles. The molecule has 3 nitrogen and oxygen atoms in total. The summed E-state index contributed by atoms with van der Waals surface area (Å²) in [7, 11) is 1.64. The number of nitrogens with zero attached hydrogens (tertiary/aromatic N) is 1. The van der Waals surface area contributed by atoms with Gasteiger partial charge in [0.15, 0.2) is 3.77 Å². The van der Waals surface area contributed by atoms with Crippen LogP contribution in [0.25, 0.3) is 0 Å². The van der Waals surface area contributed by atoms with Crippen LogP contribution in [0.15, 0.2) is 44.2 Å². The second-order valence-electron chi connectivity index (χ2n) is 3.23. The van der Waals surface area contributed by atoms with Crippen LogP contribution in [0.2, 0.25) is 0 Å². The number of benzene rings is 1. The normalized spacial score (nSPS) is 11.0. The fourth-order valence-corrected chi connectivity index (χ4v) is 1.95. The van der Waals surface area contributed by atoms with Crippen molar-refractivity contribution >= 4 is 50.4 Å². The number of rotatable bonds is 3. The lowest BCUT2D eigenvalue weighted by molar-refractivity contribution is 0.415. The average molecular weight is 406 g/mol. The van der Waals surface area contributed by atoms with Crippen LogP contribution in [-0.4, -0.2) is 13.3 Å². The molecule has 0 aliphatic carbocycles. The molecule has 0 unspecified atom stereocenters. The van der Waals surface area contributed by atoms with E-state index in [9.17, 15) is 0 Å². The Morgan fingerprint density at radius 3 is 2.59 bits per heavy atom. The molecule has 1 aromatic heterocycles. The van der Waals surface area contributed by atoms with Crippen LogP contribution in [0.5, 0.6) is 5.75 Å². The third-order valence-electron chi connectivity index (χ3n) is 2.08. The first kappa shape index (κ1) is 12.6. The van der Waals surface area contributed by atoms with Gasteiger partial charge in [0.2, 0.25) is 0 Å². The maximum atomic E-state index is 5.45. The number of halogens is 2. The van der Waals surface area contributed by atoms with Crippen molar-refractivity contribution in [1.82, 2.24) is 0 Å². The minimum Gasteiger partial charge on any atom is -0.497 e. The van der Waals surface area contributed by atoms with E-state index in [0.717, 1.165) is 25.4 Å². The first-order valence-electron chi connectivity index (χ1n) is 4.82. The minimum atomic E-state index is 0.720. The third kappa shape index (κ3) is 3.32. The molecule has 0 saturated heterocycles. The Hall–Kier alpha value is -0.820. The van der Waals surface area contributed by atoms with Crippen molar-refractivity contribution in [2.24, 2.45) is 4.99 Å². The average Bonchev–Trinajstić information content (AvgIpc) is 2.67. The van der Waals surface area contributed by atoms with Crippen molar-refractivity contribution in [3.63, 3.8) is 0 Å². The van der Waals surface area contributed by atoms with E-state index in [1.165, 1.54) is 0 Å². The van der Waals surface area contributed by atoms with Crippen LogP contribution >= 0.6 is 38.5 Å². The first-order chi connectivity index (χ1) is 8.19. The molecule has 1 heterocycles. The van der Waals surface area contributed by atoms with E-state index in [-0.39, 0.29) is 0 Å². The lowest BCUT2D eigenvalue weighted by Gasteiger charge is -1.98. The Balaban J connectivity index is 2.14. The Kier molecular flexibility index (Phi) is 4.22. The molecule has 0 amide bonds. The lowest BCUT2D eigenvalue weighted by atomic mass is 10.3. The predicted octanol–water partition coefficient (Wildman–Crippen LogP) is 4.41. The van der Waals surface area contributed by atoms with Gasteiger partial charge in [-0.2, -0.15) is 0 Å². The van der Waals surface area contributed by atoms with Crippen molar-refractivity contribution in [3.05, 3.63) is 44.3 Å². The molecule has 5 heteroatoms. The Bertz CT molecular complexity index is 514. The summed E-state index contributed by atoms with van der Waals surface area (Å²) in [6.07, 6.45) is 1.69. The number of aliphatic imine (C=N–C) groups is 1. The highest BCUT2D eigenvalue weighted by Crippen LogP contribution is 2.23. The van der Waals surface area contributed by atoms with Crippen molar-refractivity contribution in [1.29, 1.82) is 0 Å². The van der Waals surface area contributed by atoms with E-state index in [4.69, 9.17) is 9.15 Å². The highest BCUT2D eigenvalue weighted by Gasteiger charge is 2.03. The van der Waals surface area contributed by atoms with Crippen LogP contribution in [0.3, 0.4) is 0 Å². The molecular formula is C12H9BrINO2. The van der Waals surface area contributed by atoms with E-state index in [2.05, 4.69) is 43.5 Å². The zero-order valence-corrected chi connectivity index (χ0v) is 12.7. The number of hydrogen-bond donors (Lipinski definition) is 0. The molecule has 0 aliphatic rings. The monoisotopic (exact) mass is 405 g/mol. The maximum absolute atomic E-state index is 5.45. The molecule has 1 aromatic carbocycles. The largest absolute Gasteiger partial charge is 0.497 e. The fraction of sp³-hybridized carbons (Fsp3) is 0.0833. The lowest BCUT2D eigenvalue weighted by Crippen LogP contribution is -1.80. The van der Waals surface area contributed by atoms with Crippen LogP contribution in [0, 0.1) is 3.77 Å². The zero-order chi connectivity index (χ0) is 12.3. The van der Waals surface area contributed by atoms with Gasteiger partial charge in [0.1, 0.15) is 11.5 Å². The van der Waals surface area contributed by atoms with Crippen LogP contribution in [0.1, 0.15) is 5.76 Å². The summed E-state index contributed by atoms with van der Waals surface area (Å²) < 4.78 is 12.3. The number of methoxy groups -OCH3 is 1. The number of hydrogen-bond acceptors (Lipinski definition) is 3. The fourth-order valence-electron chi connectivity index (χ4n) is 1.23. The molecule has 88 valence electrons. The molecule has 0 fully saturated rings. The standard InChI is InChI=1S/C12H9BrINO2/c1-16-9-4-2-8(3-5-9)15-7-10-6-11(13)12(14)17-10/h2-7H,1H3. The molecule has 0 bridgehead atoms. The highest BCUT2D eigenvalue weighted by molar-refractivity contribution is 14.1. The second kappa shape index (κ2) is 5.68. The van der Waals surface area contributed by atoms with Gasteiger partial charge in [0.05, 0.1) is 23.5 Å². The molecule has 0 radical (unpaired) electrons. The highest BCUT2D eigenvalue weighted by atomic mass is 127. The molecule has 2 rings (SSSR count). The van der Waals surface area contributed by atoms with Crippen LogP contribution < -0.4 is 4.74 Å². The van der Waals surface area contributed by atoms with Crippen LogP contribution in [0.4, 0.5) is 5.69 Å². The van der Waals surface area contributed by atoms with Gasteiger partial charge in [0.25, 0.3) is 0 Å². The quantitative estimate of drug-likeness (QED) is 0.560. The van der Waals surface area contributed by atoms with Gasteiger partial charge < -0.3 is 9.15 Å². The number of ether oxygens (including phenoxy) is 1.